The zero-order valence-electron chi connectivity index (χ0n) is 15.8. The Labute approximate surface area is 161 Å². The summed E-state index contributed by atoms with van der Waals surface area (Å²) in [4.78, 5) is 10.0. The topological polar surface area (TPSA) is 65.9 Å². The van der Waals surface area contributed by atoms with Crippen LogP contribution in [0.1, 0.15) is 13.8 Å². The number of alkyl halides is 3. The molecule has 0 aliphatic heterocycles. The van der Waals surface area contributed by atoms with Crippen LogP contribution in [0.4, 0.5) is 24.8 Å². The molecule has 2 aromatic rings. The SMILES string of the molecule is CCOC(COc1cnc(N(C)c2ccc(OC(F)(F)F)cc2)nc1)OCC. The van der Waals surface area contributed by atoms with Crippen LogP contribution in [0, 0.1) is 0 Å². The van der Waals surface area contributed by atoms with Crippen LogP contribution in [0.5, 0.6) is 11.5 Å². The highest BCUT2D eigenvalue weighted by Gasteiger charge is 2.31. The predicted molar refractivity (Wildman–Crippen MR) is 95.8 cm³/mol. The summed E-state index contributed by atoms with van der Waals surface area (Å²) in [6.45, 7) is 4.92. The Hall–Kier alpha value is -2.59. The van der Waals surface area contributed by atoms with Gasteiger partial charge in [0.2, 0.25) is 5.95 Å². The van der Waals surface area contributed by atoms with Gasteiger partial charge in [-0.3, -0.25) is 0 Å². The first kappa shape index (κ1) is 21.7. The van der Waals surface area contributed by atoms with Gasteiger partial charge in [0.05, 0.1) is 12.4 Å². The molecule has 0 spiro atoms. The molecule has 28 heavy (non-hydrogen) atoms. The highest BCUT2D eigenvalue weighted by molar-refractivity contribution is 5.57. The summed E-state index contributed by atoms with van der Waals surface area (Å²) in [5, 5.41) is 0. The van der Waals surface area contributed by atoms with Gasteiger partial charge in [-0.05, 0) is 38.1 Å². The van der Waals surface area contributed by atoms with E-state index in [1.807, 2.05) is 13.8 Å². The van der Waals surface area contributed by atoms with Crippen molar-refractivity contribution in [1.82, 2.24) is 9.97 Å². The fraction of sp³-hybridized carbons (Fsp3) is 0.444. The minimum Gasteiger partial charge on any atom is -0.485 e. The Morgan fingerprint density at radius 2 is 1.54 bits per heavy atom. The largest absolute Gasteiger partial charge is 0.573 e. The first-order chi connectivity index (χ1) is 13.3. The number of nitrogens with zero attached hydrogens (tertiary/aromatic N) is 3. The van der Waals surface area contributed by atoms with Gasteiger partial charge in [0.15, 0.2) is 12.0 Å². The molecular weight excluding hydrogens is 379 g/mol. The van der Waals surface area contributed by atoms with Crippen molar-refractivity contribution in [3.63, 3.8) is 0 Å². The van der Waals surface area contributed by atoms with Crippen LogP contribution in [0.25, 0.3) is 0 Å². The summed E-state index contributed by atoms with van der Waals surface area (Å²) in [5.74, 6) is 0.492. The van der Waals surface area contributed by atoms with Crippen LogP contribution in [0.3, 0.4) is 0 Å². The van der Waals surface area contributed by atoms with Gasteiger partial charge in [-0.1, -0.05) is 0 Å². The van der Waals surface area contributed by atoms with Crippen LogP contribution >= 0.6 is 0 Å². The summed E-state index contributed by atoms with van der Waals surface area (Å²) >= 11 is 0. The lowest BCUT2D eigenvalue weighted by atomic mass is 10.3. The molecule has 0 aliphatic carbocycles. The molecule has 154 valence electrons. The van der Waals surface area contributed by atoms with E-state index in [1.54, 1.807) is 11.9 Å². The molecule has 0 radical (unpaired) electrons. The van der Waals surface area contributed by atoms with E-state index in [0.29, 0.717) is 30.6 Å². The van der Waals surface area contributed by atoms with Crippen LogP contribution < -0.4 is 14.4 Å². The molecule has 2 rings (SSSR count). The first-order valence-corrected chi connectivity index (χ1v) is 8.60. The van der Waals surface area contributed by atoms with Gasteiger partial charge in [-0.2, -0.15) is 0 Å². The van der Waals surface area contributed by atoms with Crippen molar-refractivity contribution in [3.05, 3.63) is 36.7 Å². The molecule has 0 unspecified atom stereocenters. The van der Waals surface area contributed by atoms with Gasteiger partial charge in [0.1, 0.15) is 12.4 Å². The maximum atomic E-state index is 12.2. The van der Waals surface area contributed by atoms with Crippen LogP contribution in [-0.2, 0) is 9.47 Å². The molecule has 10 heteroatoms. The van der Waals surface area contributed by atoms with E-state index in [4.69, 9.17) is 14.2 Å². The number of anilines is 2. The van der Waals surface area contributed by atoms with Crippen molar-refractivity contribution >= 4 is 11.6 Å². The molecule has 0 atom stereocenters. The van der Waals surface area contributed by atoms with Gasteiger partial charge >= 0.3 is 6.36 Å². The number of hydrogen-bond acceptors (Lipinski definition) is 7. The van der Waals surface area contributed by atoms with Gasteiger partial charge in [-0.15, -0.1) is 13.2 Å². The minimum absolute atomic E-state index is 0.195. The molecule has 1 heterocycles. The fourth-order valence-corrected chi connectivity index (χ4v) is 2.22. The van der Waals surface area contributed by atoms with E-state index in [-0.39, 0.29) is 12.4 Å². The van der Waals surface area contributed by atoms with Gasteiger partial charge < -0.3 is 23.8 Å². The van der Waals surface area contributed by atoms with E-state index in [9.17, 15) is 13.2 Å². The molecule has 0 aliphatic rings. The normalized spacial score (nSPS) is 11.5. The van der Waals surface area contributed by atoms with Gasteiger partial charge in [0.25, 0.3) is 0 Å². The number of hydrogen-bond donors (Lipinski definition) is 0. The van der Waals surface area contributed by atoms with E-state index < -0.39 is 12.7 Å². The van der Waals surface area contributed by atoms with Crippen molar-refractivity contribution in [2.24, 2.45) is 0 Å². The summed E-state index contributed by atoms with van der Waals surface area (Å²) in [6.07, 6.45) is -2.21. The average Bonchev–Trinajstić information content (AvgIpc) is 2.66. The zero-order chi connectivity index (χ0) is 20.6. The zero-order valence-corrected chi connectivity index (χ0v) is 15.8. The third kappa shape index (κ3) is 6.86. The quantitative estimate of drug-likeness (QED) is 0.559. The predicted octanol–water partition coefficient (Wildman–Crippen LogP) is 3.92. The monoisotopic (exact) mass is 401 g/mol. The molecule has 0 saturated carbocycles. The lowest BCUT2D eigenvalue weighted by Gasteiger charge is -2.19. The summed E-state index contributed by atoms with van der Waals surface area (Å²) < 4.78 is 56.8. The Morgan fingerprint density at radius 1 is 0.964 bits per heavy atom. The first-order valence-electron chi connectivity index (χ1n) is 8.60. The maximum absolute atomic E-state index is 12.2. The second-order valence-electron chi connectivity index (χ2n) is 5.47. The number of rotatable bonds is 10. The van der Waals surface area contributed by atoms with E-state index in [2.05, 4.69) is 14.7 Å². The molecule has 0 N–H and O–H groups in total. The second kappa shape index (κ2) is 10.1. The van der Waals surface area contributed by atoms with Gasteiger partial charge in [-0.25, -0.2) is 9.97 Å². The number of aromatic nitrogens is 2. The van der Waals surface area contributed by atoms with Crippen LogP contribution in [0.15, 0.2) is 36.7 Å². The molecule has 0 bridgehead atoms. The van der Waals surface area contributed by atoms with Crippen molar-refractivity contribution < 1.29 is 32.1 Å². The molecule has 1 aromatic heterocycles. The van der Waals surface area contributed by atoms with E-state index in [0.717, 1.165) is 0 Å². The van der Waals surface area contributed by atoms with E-state index >= 15 is 0 Å². The van der Waals surface area contributed by atoms with Crippen LogP contribution in [0.2, 0.25) is 0 Å². The number of benzene rings is 1. The fourth-order valence-electron chi connectivity index (χ4n) is 2.22. The summed E-state index contributed by atoms with van der Waals surface area (Å²) in [6, 6.07) is 5.39. The minimum atomic E-state index is -4.73. The van der Waals surface area contributed by atoms with Crippen molar-refractivity contribution in [3.8, 4) is 11.5 Å². The third-order valence-corrected chi connectivity index (χ3v) is 3.46. The highest BCUT2D eigenvalue weighted by Crippen LogP contribution is 2.27. The second-order valence-corrected chi connectivity index (χ2v) is 5.47. The highest BCUT2D eigenvalue weighted by atomic mass is 19.4. The number of halogens is 3. The van der Waals surface area contributed by atoms with Crippen molar-refractivity contribution in [1.29, 1.82) is 0 Å². The molecule has 0 saturated heterocycles. The Morgan fingerprint density at radius 3 is 2.04 bits per heavy atom. The molecule has 1 aromatic carbocycles. The molecule has 7 nitrogen and oxygen atoms in total. The average molecular weight is 401 g/mol. The lowest BCUT2D eigenvalue weighted by molar-refractivity contribution is -0.274. The molecule has 0 amide bonds. The summed E-state index contributed by atoms with van der Waals surface area (Å²) in [7, 11) is 1.69. The smallest absolute Gasteiger partial charge is 0.485 e. The third-order valence-electron chi connectivity index (χ3n) is 3.46. The Bertz CT molecular complexity index is 706. The Balaban J connectivity index is 1.96. The van der Waals surface area contributed by atoms with Crippen molar-refractivity contribution in [2.45, 2.75) is 26.5 Å². The number of ether oxygens (including phenoxy) is 4. The standard InChI is InChI=1S/C18H22F3N3O4/c1-4-25-16(26-5-2)12-27-15-10-22-17(23-11-15)24(3)13-6-8-14(9-7-13)28-18(19,20)21/h6-11,16H,4-5,12H2,1-3H3. The van der Waals surface area contributed by atoms with Crippen LogP contribution in [-0.4, -0.2) is 49.5 Å². The summed E-state index contributed by atoms with van der Waals surface area (Å²) in [5.41, 5.74) is 0.593. The maximum Gasteiger partial charge on any atom is 0.573 e. The lowest BCUT2D eigenvalue weighted by Crippen LogP contribution is -2.25. The molecular formula is C18H22F3N3O4. The van der Waals surface area contributed by atoms with Crippen molar-refractivity contribution in [2.75, 3.05) is 31.8 Å². The van der Waals surface area contributed by atoms with E-state index in [1.165, 1.54) is 36.7 Å². The van der Waals surface area contributed by atoms with Gasteiger partial charge in [0, 0.05) is 25.9 Å². The Kier molecular flexibility index (Phi) is 7.82. The molecule has 0 fully saturated rings.